The van der Waals surface area contributed by atoms with Gasteiger partial charge in [0.25, 0.3) is 0 Å². The summed E-state index contributed by atoms with van der Waals surface area (Å²) in [6.45, 7) is 0.703. The van der Waals surface area contributed by atoms with Gasteiger partial charge in [-0.25, -0.2) is 0 Å². The number of nitrogens with zero attached hydrogens (tertiary/aromatic N) is 2. The first kappa shape index (κ1) is 12.7. The Hall–Kier alpha value is -0.780. The minimum Gasteiger partial charge on any atom is -0.494 e. The Balaban J connectivity index is 1.61. The quantitative estimate of drug-likeness (QED) is 0.598. The lowest BCUT2D eigenvalue weighted by Gasteiger charge is -2.04. The highest BCUT2D eigenvalue weighted by molar-refractivity contribution is 7.99. The molecule has 1 heterocycles. The first-order valence-corrected chi connectivity index (χ1v) is 7.28. The molecule has 0 atom stereocenters. The number of rotatable bonds is 6. The summed E-state index contributed by atoms with van der Waals surface area (Å²) in [7, 11) is 0. The molecule has 1 aromatic carbocycles. The molecule has 0 aliphatic heterocycles. The molecule has 2 rings (SSSR count). The highest BCUT2D eigenvalue weighted by Crippen LogP contribution is 2.20. The predicted octanol–water partition coefficient (Wildman–Crippen LogP) is 3.75. The summed E-state index contributed by atoms with van der Waals surface area (Å²) >= 11 is 8.50. The fourth-order valence-corrected chi connectivity index (χ4v) is 2.72. The van der Waals surface area contributed by atoms with Crippen molar-refractivity contribution in [3.63, 3.8) is 0 Å². The van der Waals surface area contributed by atoms with Gasteiger partial charge in [0.2, 0.25) is 9.62 Å². The smallest absolute Gasteiger partial charge is 0.204 e. The van der Waals surface area contributed by atoms with E-state index in [2.05, 4.69) is 9.36 Å². The van der Waals surface area contributed by atoms with Gasteiger partial charge in [-0.15, -0.1) is 0 Å². The normalized spacial score (nSPS) is 10.4. The Morgan fingerprint density at radius 1 is 1.29 bits per heavy atom. The second-order valence-corrected chi connectivity index (χ2v) is 5.59. The number of halogens is 1. The first-order valence-electron chi connectivity index (χ1n) is 5.14. The second kappa shape index (κ2) is 6.83. The summed E-state index contributed by atoms with van der Waals surface area (Å²) < 4.78 is 10.2. The Morgan fingerprint density at radius 3 is 2.82 bits per heavy atom. The van der Waals surface area contributed by atoms with Gasteiger partial charge in [0.05, 0.1) is 6.61 Å². The number of hydrogen-bond acceptors (Lipinski definition) is 5. The van der Waals surface area contributed by atoms with Crippen LogP contribution in [0.3, 0.4) is 0 Å². The number of para-hydroxylation sites is 1. The molecule has 2 aromatic rings. The number of ether oxygens (including phenoxy) is 1. The molecule has 0 saturated heterocycles. The minimum absolute atomic E-state index is 0.494. The van der Waals surface area contributed by atoms with Crippen LogP contribution in [0.15, 0.2) is 35.5 Å². The van der Waals surface area contributed by atoms with E-state index in [0.29, 0.717) is 11.1 Å². The highest BCUT2D eigenvalue weighted by Gasteiger charge is 2.01. The Bertz CT molecular complexity index is 450. The lowest BCUT2D eigenvalue weighted by molar-refractivity contribution is 0.318. The number of aromatic nitrogens is 2. The van der Waals surface area contributed by atoms with Crippen LogP contribution in [0, 0.1) is 0 Å². The topological polar surface area (TPSA) is 35.0 Å². The van der Waals surface area contributed by atoms with E-state index in [0.717, 1.165) is 23.1 Å². The molecule has 0 amide bonds. The van der Waals surface area contributed by atoms with Crippen LogP contribution in [-0.2, 0) is 0 Å². The first-order chi connectivity index (χ1) is 8.34. The van der Waals surface area contributed by atoms with Crippen molar-refractivity contribution in [3.05, 3.63) is 34.8 Å². The molecule has 3 nitrogen and oxygen atoms in total. The van der Waals surface area contributed by atoms with Crippen molar-refractivity contribution in [1.82, 2.24) is 9.36 Å². The fraction of sp³-hybridized carbons (Fsp3) is 0.273. The van der Waals surface area contributed by atoms with Gasteiger partial charge in [-0.1, -0.05) is 30.0 Å². The van der Waals surface area contributed by atoms with Crippen LogP contribution in [0.2, 0.25) is 4.47 Å². The van der Waals surface area contributed by atoms with E-state index >= 15 is 0 Å². The molecule has 0 unspecified atom stereocenters. The minimum atomic E-state index is 0.494. The molecule has 0 N–H and O–H groups in total. The van der Waals surface area contributed by atoms with Crippen molar-refractivity contribution in [1.29, 1.82) is 0 Å². The van der Waals surface area contributed by atoms with E-state index < -0.39 is 0 Å². The summed E-state index contributed by atoms with van der Waals surface area (Å²) in [5.41, 5.74) is 0. The van der Waals surface area contributed by atoms with Crippen LogP contribution >= 0.6 is 34.9 Å². The Labute approximate surface area is 113 Å². The molecule has 17 heavy (non-hydrogen) atoms. The molecule has 0 radical (unpaired) electrons. The van der Waals surface area contributed by atoms with E-state index in [4.69, 9.17) is 16.3 Å². The molecular weight excluding hydrogens is 276 g/mol. The van der Waals surface area contributed by atoms with Crippen molar-refractivity contribution < 1.29 is 4.74 Å². The van der Waals surface area contributed by atoms with Gasteiger partial charge < -0.3 is 4.74 Å². The molecular formula is C11H11ClN2OS2. The van der Waals surface area contributed by atoms with Crippen LogP contribution in [0.4, 0.5) is 0 Å². The van der Waals surface area contributed by atoms with Gasteiger partial charge in [-0.05, 0) is 41.7 Å². The van der Waals surface area contributed by atoms with Gasteiger partial charge in [-0.3, -0.25) is 0 Å². The van der Waals surface area contributed by atoms with Gasteiger partial charge in [-0.2, -0.15) is 9.36 Å². The molecule has 1 aromatic heterocycles. The highest BCUT2D eigenvalue weighted by atomic mass is 35.5. The molecule has 0 aliphatic carbocycles. The summed E-state index contributed by atoms with van der Waals surface area (Å²) in [4.78, 5) is 4.06. The third-order valence-corrected chi connectivity index (χ3v) is 3.76. The number of thioether (sulfide) groups is 1. The molecule has 6 heteroatoms. The van der Waals surface area contributed by atoms with Gasteiger partial charge in [0, 0.05) is 5.75 Å². The fourth-order valence-electron chi connectivity index (χ4n) is 1.18. The van der Waals surface area contributed by atoms with Crippen LogP contribution < -0.4 is 4.74 Å². The lowest BCUT2D eigenvalue weighted by atomic mass is 10.3. The maximum atomic E-state index is 5.69. The summed E-state index contributed by atoms with van der Waals surface area (Å²) in [6.07, 6.45) is 0.955. The zero-order valence-corrected chi connectivity index (χ0v) is 11.4. The summed E-state index contributed by atoms with van der Waals surface area (Å²) in [6, 6.07) is 9.81. The average Bonchev–Trinajstić information content (AvgIpc) is 2.76. The Kier molecular flexibility index (Phi) is 5.09. The van der Waals surface area contributed by atoms with Crippen LogP contribution in [0.25, 0.3) is 0 Å². The van der Waals surface area contributed by atoms with Crippen LogP contribution in [-0.4, -0.2) is 21.7 Å². The van der Waals surface area contributed by atoms with E-state index in [-0.39, 0.29) is 0 Å². The summed E-state index contributed by atoms with van der Waals surface area (Å²) in [5.74, 6) is 1.84. The number of hydrogen-bond donors (Lipinski definition) is 0. The molecule has 0 bridgehead atoms. The van der Waals surface area contributed by atoms with Crippen molar-refractivity contribution in [2.45, 2.75) is 11.6 Å². The largest absolute Gasteiger partial charge is 0.494 e. The average molecular weight is 287 g/mol. The zero-order chi connectivity index (χ0) is 11.9. The van der Waals surface area contributed by atoms with Gasteiger partial charge >= 0.3 is 0 Å². The van der Waals surface area contributed by atoms with Crippen molar-refractivity contribution >= 4 is 34.9 Å². The van der Waals surface area contributed by atoms with E-state index in [1.165, 1.54) is 11.5 Å². The van der Waals surface area contributed by atoms with E-state index in [1.807, 2.05) is 30.3 Å². The van der Waals surface area contributed by atoms with Crippen LogP contribution in [0.5, 0.6) is 5.75 Å². The van der Waals surface area contributed by atoms with E-state index in [9.17, 15) is 0 Å². The molecule has 0 aliphatic rings. The SMILES string of the molecule is Clc1nc(SCCCOc2ccccc2)ns1. The maximum absolute atomic E-state index is 5.69. The molecule has 0 saturated carbocycles. The lowest BCUT2D eigenvalue weighted by Crippen LogP contribution is -1.98. The standard InChI is InChI=1S/C11H11ClN2OS2/c12-10-13-11(14-17-10)16-8-4-7-15-9-5-2-1-3-6-9/h1-3,5-6H,4,7-8H2. The third kappa shape index (κ3) is 4.53. The summed E-state index contributed by atoms with van der Waals surface area (Å²) in [5, 5.41) is 0.750. The second-order valence-electron chi connectivity index (χ2n) is 3.19. The third-order valence-electron chi connectivity index (χ3n) is 1.91. The van der Waals surface area contributed by atoms with Crippen molar-refractivity contribution in [2.75, 3.05) is 12.4 Å². The van der Waals surface area contributed by atoms with E-state index in [1.54, 1.807) is 11.8 Å². The predicted molar refractivity (Wildman–Crippen MR) is 72.2 cm³/mol. The van der Waals surface area contributed by atoms with Crippen LogP contribution in [0.1, 0.15) is 6.42 Å². The molecule has 0 spiro atoms. The molecule has 0 fully saturated rings. The van der Waals surface area contributed by atoms with Gasteiger partial charge in [0.15, 0.2) is 0 Å². The maximum Gasteiger partial charge on any atom is 0.204 e. The number of benzene rings is 1. The van der Waals surface area contributed by atoms with Gasteiger partial charge in [0.1, 0.15) is 5.75 Å². The zero-order valence-electron chi connectivity index (χ0n) is 9.01. The monoisotopic (exact) mass is 286 g/mol. The Morgan fingerprint density at radius 2 is 2.12 bits per heavy atom. The van der Waals surface area contributed by atoms with Crippen molar-refractivity contribution in [3.8, 4) is 5.75 Å². The van der Waals surface area contributed by atoms with Crippen molar-refractivity contribution in [2.24, 2.45) is 0 Å². The molecule has 90 valence electrons.